The number of aryl methyl sites for hydroxylation is 1. The van der Waals surface area contributed by atoms with E-state index in [0.29, 0.717) is 22.7 Å². The summed E-state index contributed by atoms with van der Waals surface area (Å²) in [6.07, 6.45) is -0.895. The van der Waals surface area contributed by atoms with Crippen molar-refractivity contribution in [2.45, 2.75) is 6.43 Å². The van der Waals surface area contributed by atoms with Crippen molar-refractivity contribution in [2.24, 2.45) is 7.05 Å². The van der Waals surface area contributed by atoms with Gasteiger partial charge in [0, 0.05) is 23.8 Å². The quantitative estimate of drug-likeness (QED) is 0.601. The summed E-state index contributed by atoms with van der Waals surface area (Å²) in [7, 11) is 1.53. The molecule has 0 aliphatic rings. The lowest BCUT2D eigenvalue weighted by Gasteiger charge is -2.20. The van der Waals surface area contributed by atoms with Gasteiger partial charge in [0.05, 0.1) is 11.4 Å². The summed E-state index contributed by atoms with van der Waals surface area (Å²) in [6, 6.07) is 14.1. The minimum Gasteiger partial charge on any atom is -0.279 e. The summed E-state index contributed by atoms with van der Waals surface area (Å²) in [5, 5.41) is 4.31. The van der Waals surface area contributed by atoms with Crippen LogP contribution in [0, 0.1) is 0 Å². The monoisotopic (exact) mass is 361 g/mol. The summed E-state index contributed by atoms with van der Waals surface area (Å²) in [6.45, 7) is 0. The van der Waals surface area contributed by atoms with Gasteiger partial charge in [-0.3, -0.25) is 14.4 Å². The Morgan fingerprint density at radius 1 is 1.16 bits per heavy atom. The number of hydrogen-bond donors (Lipinski definition) is 0. The Hall–Kier alpha value is -2.73. The molecule has 0 N–H and O–H groups in total. The zero-order valence-corrected chi connectivity index (χ0v) is 14.0. The Labute approximate surface area is 148 Å². The number of hydrogen-bond acceptors (Lipinski definition) is 2. The van der Waals surface area contributed by atoms with Crippen LogP contribution >= 0.6 is 11.6 Å². The number of benzene rings is 2. The average Bonchev–Trinajstić information content (AvgIpc) is 2.98. The third-order valence-electron chi connectivity index (χ3n) is 3.71. The van der Waals surface area contributed by atoms with Gasteiger partial charge in [0.15, 0.2) is 5.69 Å². The van der Waals surface area contributed by atoms with Crippen molar-refractivity contribution >= 4 is 29.4 Å². The Morgan fingerprint density at radius 3 is 2.60 bits per heavy atom. The lowest BCUT2D eigenvalue weighted by molar-refractivity contribution is -0.106. The molecule has 0 atom stereocenters. The minimum absolute atomic E-state index is 0.0435. The second kappa shape index (κ2) is 7.03. The molecule has 1 heterocycles. The lowest BCUT2D eigenvalue weighted by Crippen LogP contribution is -2.16. The van der Waals surface area contributed by atoms with Crippen molar-refractivity contribution in [3.63, 3.8) is 0 Å². The van der Waals surface area contributed by atoms with E-state index in [1.54, 1.807) is 42.5 Å². The highest BCUT2D eigenvalue weighted by Crippen LogP contribution is 2.38. The van der Waals surface area contributed by atoms with Crippen molar-refractivity contribution in [1.82, 2.24) is 9.78 Å². The van der Waals surface area contributed by atoms with E-state index >= 15 is 0 Å². The van der Waals surface area contributed by atoms with E-state index in [4.69, 9.17) is 11.6 Å². The van der Waals surface area contributed by atoms with Crippen LogP contribution in [0.15, 0.2) is 54.7 Å². The molecule has 1 aromatic heterocycles. The number of amides is 1. The van der Waals surface area contributed by atoms with E-state index in [1.807, 2.05) is 6.07 Å². The number of anilines is 2. The highest BCUT2D eigenvalue weighted by molar-refractivity contribution is 6.30. The first-order valence-corrected chi connectivity index (χ1v) is 7.80. The molecular formula is C18H14ClF2N3O. The fraction of sp³-hybridized carbons (Fsp3) is 0.111. The fourth-order valence-electron chi connectivity index (χ4n) is 2.66. The van der Waals surface area contributed by atoms with Gasteiger partial charge in [-0.2, -0.15) is 5.10 Å². The van der Waals surface area contributed by atoms with E-state index in [-0.39, 0.29) is 5.69 Å². The van der Waals surface area contributed by atoms with Crippen molar-refractivity contribution < 1.29 is 13.6 Å². The standard InChI is InChI=1S/C18H14ClF2N3O/c1-23-10-16(17(22-23)18(20)21)24(11-25)15-8-3-2-7-14(15)12-5-4-6-13(19)9-12/h2-11,18H,1H3. The number of rotatable bonds is 5. The number of alkyl halides is 2. The van der Waals surface area contributed by atoms with Crippen LogP contribution in [0.4, 0.5) is 20.2 Å². The van der Waals surface area contributed by atoms with Crippen molar-refractivity contribution in [1.29, 1.82) is 0 Å². The van der Waals surface area contributed by atoms with E-state index in [0.717, 1.165) is 5.56 Å². The highest BCUT2D eigenvalue weighted by atomic mass is 35.5. The van der Waals surface area contributed by atoms with Crippen LogP contribution in [-0.4, -0.2) is 16.2 Å². The van der Waals surface area contributed by atoms with Gasteiger partial charge in [-0.1, -0.05) is 41.9 Å². The Balaban J connectivity index is 2.17. The molecule has 4 nitrogen and oxygen atoms in total. The van der Waals surface area contributed by atoms with Crippen LogP contribution in [0.25, 0.3) is 11.1 Å². The summed E-state index contributed by atoms with van der Waals surface area (Å²) in [4.78, 5) is 12.9. The second-order valence-electron chi connectivity index (χ2n) is 5.38. The summed E-state index contributed by atoms with van der Waals surface area (Å²) in [5.74, 6) is 0. The summed E-state index contributed by atoms with van der Waals surface area (Å²) < 4.78 is 27.8. The number of aromatic nitrogens is 2. The summed E-state index contributed by atoms with van der Waals surface area (Å²) >= 11 is 6.05. The first-order valence-electron chi connectivity index (χ1n) is 7.42. The zero-order valence-electron chi connectivity index (χ0n) is 13.2. The van der Waals surface area contributed by atoms with Crippen LogP contribution in [-0.2, 0) is 11.8 Å². The van der Waals surface area contributed by atoms with Crippen LogP contribution in [0.1, 0.15) is 12.1 Å². The Kier molecular flexibility index (Phi) is 4.81. The third-order valence-corrected chi connectivity index (χ3v) is 3.94. The number of halogens is 3. The molecule has 2 aromatic carbocycles. The van der Waals surface area contributed by atoms with E-state index in [9.17, 15) is 13.6 Å². The van der Waals surface area contributed by atoms with Gasteiger partial charge in [0.25, 0.3) is 6.43 Å². The van der Waals surface area contributed by atoms with Gasteiger partial charge >= 0.3 is 0 Å². The van der Waals surface area contributed by atoms with Crippen LogP contribution in [0.5, 0.6) is 0 Å². The molecular weight excluding hydrogens is 348 g/mol. The average molecular weight is 362 g/mol. The zero-order chi connectivity index (χ0) is 18.0. The van der Waals surface area contributed by atoms with Gasteiger partial charge in [-0.05, 0) is 23.8 Å². The molecule has 25 heavy (non-hydrogen) atoms. The molecule has 0 unspecified atom stereocenters. The molecule has 0 saturated carbocycles. The predicted molar refractivity (Wildman–Crippen MR) is 93.3 cm³/mol. The Bertz CT molecular complexity index is 911. The number of nitrogens with zero attached hydrogens (tertiary/aromatic N) is 3. The normalized spacial score (nSPS) is 10.9. The first kappa shape index (κ1) is 17.1. The predicted octanol–water partition coefficient (Wildman–Crippen LogP) is 4.97. The minimum atomic E-state index is -2.79. The Morgan fingerprint density at radius 2 is 1.92 bits per heavy atom. The molecule has 0 spiro atoms. The largest absolute Gasteiger partial charge is 0.284 e. The topological polar surface area (TPSA) is 38.1 Å². The molecule has 0 bridgehead atoms. The maximum Gasteiger partial charge on any atom is 0.284 e. The maximum absolute atomic E-state index is 13.3. The SMILES string of the molecule is Cn1cc(N(C=O)c2ccccc2-c2cccc(Cl)c2)c(C(F)F)n1. The van der Waals surface area contributed by atoms with Crippen LogP contribution in [0.3, 0.4) is 0 Å². The van der Waals surface area contributed by atoms with E-state index in [2.05, 4.69) is 5.10 Å². The van der Waals surface area contributed by atoms with E-state index in [1.165, 1.54) is 22.8 Å². The van der Waals surface area contributed by atoms with Gasteiger partial charge in [0.1, 0.15) is 0 Å². The van der Waals surface area contributed by atoms with E-state index < -0.39 is 12.1 Å². The van der Waals surface area contributed by atoms with Gasteiger partial charge in [-0.25, -0.2) is 8.78 Å². The molecule has 1 amide bonds. The van der Waals surface area contributed by atoms with Gasteiger partial charge < -0.3 is 0 Å². The van der Waals surface area contributed by atoms with Crippen LogP contribution in [0.2, 0.25) is 5.02 Å². The molecule has 0 fully saturated rings. The van der Waals surface area contributed by atoms with Gasteiger partial charge in [0.2, 0.25) is 6.41 Å². The molecule has 7 heteroatoms. The molecule has 3 rings (SSSR count). The third kappa shape index (κ3) is 3.39. The van der Waals surface area contributed by atoms with Crippen molar-refractivity contribution in [2.75, 3.05) is 4.90 Å². The fourth-order valence-corrected chi connectivity index (χ4v) is 2.85. The van der Waals surface area contributed by atoms with Crippen molar-refractivity contribution in [3.05, 3.63) is 65.4 Å². The molecule has 0 saturated heterocycles. The highest BCUT2D eigenvalue weighted by Gasteiger charge is 2.24. The van der Waals surface area contributed by atoms with Gasteiger partial charge in [-0.15, -0.1) is 0 Å². The second-order valence-corrected chi connectivity index (χ2v) is 5.81. The number of carbonyl (C=O) groups excluding carboxylic acids is 1. The molecule has 0 aliphatic carbocycles. The molecule has 0 aliphatic heterocycles. The number of para-hydroxylation sites is 1. The molecule has 0 radical (unpaired) electrons. The smallest absolute Gasteiger partial charge is 0.279 e. The maximum atomic E-state index is 13.3. The van der Waals surface area contributed by atoms with Crippen molar-refractivity contribution in [3.8, 4) is 11.1 Å². The number of carbonyl (C=O) groups is 1. The van der Waals surface area contributed by atoms with Crippen LogP contribution < -0.4 is 4.90 Å². The molecule has 128 valence electrons. The lowest BCUT2D eigenvalue weighted by atomic mass is 10.0. The molecule has 3 aromatic rings. The first-order chi connectivity index (χ1) is 12.0. The summed E-state index contributed by atoms with van der Waals surface area (Å²) in [5.41, 5.74) is 1.53.